The number of rotatable bonds is 5. The summed E-state index contributed by atoms with van der Waals surface area (Å²) < 4.78 is 24.2. The summed E-state index contributed by atoms with van der Waals surface area (Å²) in [5.74, 6) is 0.436. The maximum Gasteiger partial charge on any atom is 0.253 e. The molecule has 3 N–H and O–H groups in total. The Morgan fingerprint density at radius 1 is 1.20 bits per heavy atom. The maximum absolute atomic E-state index is 13.1. The van der Waals surface area contributed by atoms with Gasteiger partial charge in [0.15, 0.2) is 0 Å². The van der Waals surface area contributed by atoms with E-state index in [1.807, 2.05) is 0 Å². The molecule has 7 heteroatoms. The van der Waals surface area contributed by atoms with Gasteiger partial charge in [0, 0.05) is 18.3 Å². The first-order valence-electron chi connectivity index (χ1n) is 7.84. The Bertz CT molecular complexity index is 712. The topological polar surface area (TPSA) is 73.6 Å². The van der Waals surface area contributed by atoms with Gasteiger partial charge in [0.05, 0.1) is 6.10 Å². The lowest BCUT2D eigenvalue weighted by molar-refractivity contribution is -0.126. The van der Waals surface area contributed by atoms with Crippen LogP contribution in [0.25, 0.3) is 0 Å². The third-order valence-electron chi connectivity index (χ3n) is 3.82. The van der Waals surface area contributed by atoms with Gasteiger partial charge >= 0.3 is 0 Å². The molecule has 1 saturated heterocycles. The Hall–Kier alpha value is -2.15. The minimum absolute atomic E-state index is 0. The zero-order valence-electron chi connectivity index (χ0n) is 13.5. The largest absolute Gasteiger partial charge is 0.457 e. The van der Waals surface area contributed by atoms with Crippen LogP contribution in [0.2, 0.25) is 0 Å². The smallest absolute Gasteiger partial charge is 0.253 e. The van der Waals surface area contributed by atoms with Crippen LogP contribution in [-0.2, 0) is 9.53 Å². The molecular formula is C18H20ClFN2O3. The lowest BCUT2D eigenvalue weighted by atomic mass is 10.2. The highest BCUT2D eigenvalue weighted by atomic mass is 35.5. The van der Waals surface area contributed by atoms with Crippen molar-refractivity contribution in [3.63, 3.8) is 0 Å². The molecule has 1 aliphatic heterocycles. The van der Waals surface area contributed by atoms with Crippen LogP contribution in [0.3, 0.4) is 0 Å². The Kier molecular flexibility index (Phi) is 6.75. The molecule has 0 aromatic heterocycles. The molecule has 2 aromatic rings. The number of halogens is 2. The fourth-order valence-corrected chi connectivity index (χ4v) is 2.57. The van der Waals surface area contributed by atoms with E-state index in [1.165, 1.54) is 12.1 Å². The molecule has 0 unspecified atom stereocenters. The number of nitrogens with one attached hydrogen (secondary N) is 1. The highest BCUT2D eigenvalue weighted by Gasteiger charge is 2.29. The maximum atomic E-state index is 13.1. The normalized spacial score (nSPS) is 19.1. The molecule has 0 bridgehead atoms. The summed E-state index contributed by atoms with van der Waals surface area (Å²) in [7, 11) is 0. The second kappa shape index (κ2) is 8.80. The molecule has 0 saturated carbocycles. The van der Waals surface area contributed by atoms with Crippen LogP contribution in [0.5, 0.6) is 11.5 Å². The van der Waals surface area contributed by atoms with Crippen LogP contribution >= 0.6 is 12.4 Å². The van der Waals surface area contributed by atoms with E-state index in [4.69, 9.17) is 15.2 Å². The SMILES string of the molecule is Cl.NC[C@H]1CC[C@@H](C(=O)Nc2ccc(Oc3cccc(F)c3)cc2)O1. The average Bonchev–Trinajstić information content (AvgIpc) is 3.06. The van der Waals surface area contributed by atoms with Crippen LogP contribution in [0.4, 0.5) is 10.1 Å². The molecule has 0 spiro atoms. The van der Waals surface area contributed by atoms with Crippen molar-refractivity contribution in [2.75, 3.05) is 11.9 Å². The van der Waals surface area contributed by atoms with Crippen molar-refractivity contribution >= 4 is 24.0 Å². The summed E-state index contributed by atoms with van der Waals surface area (Å²) in [5.41, 5.74) is 6.19. The number of amides is 1. The van der Waals surface area contributed by atoms with Crippen molar-refractivity contribution in [2.45, 2.75) is 25.0 Å². The van der Waals surface area contributed by atoms with Crippen molar-refractivity contribution in [3.05, 3.63) is 54.3 Å². The Morgan fingerprint density at radius 2 is 1.96 bits per heavy atom. The van der Waals surface area contributed by atoms with E-state index in [9.17, 15) is 9.18 Å². The van der Waals surface area contributed by atoms with Crippen LogP contribution in [0.1, 0.15) is 12.8 Å². The summed E-state index contributed by atoms with van der Waals surface area (Å²) in [6.07, 6.45) is 0.980. The quantitative estimate of drug-likeness (QED) is 0.849. The average molecular weight is 367 g/mol. The summed E-state index contributed by atoms with van der Waals surface area (Å²) in [6, 6.07) is 12.8. The van der Waals surface area contributed by atoms with Crippen LogP contribution in [-0.4, -0.2) is 24.7 Å². The number of nitrogens with two attached hydrogens (primary N) is 1. The summed E-state index contributed by atoms with van der Waals surface area (Å²) in [6.45, 7) is 0.426. The molecule has 1 aliphatic rings. The molecule has 0 radical (unpaired) electrons. The van der Waals surface area contributed by atoms with Gasteiger partial charge in [-0.25, -0.2) is 4.39 Å². The predicted molar refractivity (Wildman–Crippen MR) is 95.7 cm³/mol. The standard InChI is InChI=1S/C18H19FN2O3.ClH/c19-12-2-1-3-15(10-12)23-14-6-4-13(5-7-14)21-18(22)17-9-8-16(11-20)24-17;/h1-7,10,16-17H,8-9,11,20H2,(H,21,22);1H/t16-,17+;/m1./s1. The fourth-order valence-electron chi connectivity index (χ4n) is 2.57. The van der Waals surface area contributed by atoms with Gasteiger partial charge in [-0.15, -0.1) is 12.4 Å². The lowest BCUT2D eigenvalue weighted by Gasteiger charge is -2.13. The number of carbonyl (C=O) groups is 1. The molecule has 1 heterocycles. The van der Waals surface area contributed by atoms with E-state index >= 15 is 0 Å². The van der Waals surface area contributed by atoms with Crippen LogP contribution in [0.15, 0.2) is 48.5 Å². The van der Waals surface area contributed by atoms with E-state index in [0.717, 1.165) is 6.42 Å². The number of hydrogen-bond donors (Lipinski definition) is 2. The highest BCUT2D eigenvalue weighted by Crippen LogP contribution is 2.24. The fraction of sp³-hybridized carbons (Fsp3) is 0.278. The minimum atomic E-state index is -0.457. The third kappa shape index (κ3) is 5.16. The molecule has 25 heavy (non-hydrogen) atoms. The van der Waals surface area contributed by atoms with Gasteiger partial charge in [0.25, 0.3) is 5.91 Å². The summed E-state index contributed by atoms with van der Waals surface area (Å²) in [5, 5.41) is 2.81. The monoisotopic (exact) mass is 366 g/mol. The van der Waals surface area contributed by atoms with E-state index < -0.39 is 6.10 Å². The lowest BCUT2D eigenvalue weighted by Crippen LogP contribution is -2.29. The molecule has 2 atom stereocenters. The van der Waals surface area contributed by atoms with E-state index in [-0.39, 0.29) is 30.2 Å². The molecule has 1 amide bonds. The Labute approximate surface area is 151 Å². The molecule has 1 fully saturated rings. The van der Waals surface area contributed by atoms with Crippen molar-refractivity contribution < 1.29 is 18.7 Å². The highest BCUT2D eigenvalue weighted by molar-refractivity contribution is 5.94. The number of carbonyl (C=O) groups excluding carboxylic acids is 1. The van der Waals surface area contributed by atoms with E-state index in [1.54, 1.807) is 36.4 Å². The molecule has 134 valence electrons. The van der Waals surface area contributed by atoms with Crippen molar-refractivity contribution in [1.82, 2.24) is 0 Å². The molecule has 5 nitrogen and oxygen atoms in total. The second-order valence-electron chi connectivity index (χ2n) is 5.63. The van der Waals surface area contributed by atoms with Gasteiger partial charge in [-0.1, -0.05) is 6.07 Å². The van der Waals surface area contributed by atoms with Gasteiger partial charge < -0.3 is 20.5 Å². The van der Waals surface area contributed by atoms with Gasteiger partial charge in [-0.3, -0.25) is 4.79 Å². The van der Waals surface area contributed by atoms with Crippen LogP contribution in [0, 0.1) is 5.82 Å². The van der Waals surface area contributed by atoms with Crippen molar-refractivity contribution in [3.8, 4) is 11.5 Å². The number of ether oxygens (including phenoxy) is 2. The van der Waals surface area contributed by atoms with Crippen molar-refractivity contribution in [2.24, 2.45) is 5.73 Å². The first-order valence-corrected chi connectivity index (χ1v) is 7.84. The number of hydrogen-bond acceptors (Lipinski definition) is 4. The Morgan fingerprint density at radius 3 is 2.60 bits per heavy atom. The number of anilines is 1. The third-order valence-corrected chi connectivity index (χ3v) is 3.82. The first kappa shape index (κ1) is 19.2. The molecule has 2 aromatic carbocycles. The van der Waals surface area contributed by atoms with Gasteiger partial charge in [0.2, 0.25) is 0 Å². The number of benzene rings is 2. The van der Waals surface area contributed by atoms with E-state index in [0.29, 0.717) is 30.2 Å². The Balaban J connectivity index is 0.00000225. The molecular weight excluding hydrogens is 347 g/mol. The van der Waals surface area contributed by atoms with Gasteiger partial charge in [-0.2, -0.15) is 0 Å². The molecule has 3 rings (SSSR count). The van der Waals surface area contributed by atoms with Crippen LogP contribution < -0.4 is 15.8 Å². The van der Waals surface area contributed by atoms with Gasteiger partial charge in [-0.05, 0) is 49.2 Å². The summed E-state index contributed by atoms with van der Waals surface area (Å²) in [4.78, 5) is 12.1. The second-order valence-corrected chi connectivity index (χ2v) is 5.63. The predicted octanol–water partition coefficient (Wildman–Crippen LogP) is 3.48. The van der Waals surface area contributed by atoms with Crippen molar-refractivity contribution in [1.29, 1.82) is 0 Å². The zero-order valence-corrected chi connectivity index (χ0v) is 14.3. The molecule has 0 aliphatic carbocycles. The first-order chi connectivity index (χ1) is 11.6. The minimum Gasteiger partial charge on any atom is -0.457 e. The summed E-state index contributed by atoms with van der Waals surface area (Å²) >= 11 is 0. The van der Waals surface area contributed by atoms with E-state index in [2.05, 4.69) is 5.32 Å². The van der Waals surface area contributed by atoms with Gasteiger partial charge in [0.1, 0.15) is 23.4 Å². The zero-order chi connectivity index (χ0) is 16.9.